The molecule has 0 fully saturated rings. The van der Waals surface area contributed by atoms with Crippen molar-refractivity contribution in [1.82, 2.24) is 29.1 Å². The van der Waals surface area contributed by atoms with E-state index in [1.807, 2.05) is 35.1 Å². The van der Waals surface area contributed by atoms with Gasteiger partial charge in [0.1, 0.15) is 0 Å². The highest BCUT2D eigenvalue weighted by Crippen LogP contribution is 2.26. The molecule has 4 aromatic rings. The molecule has 168 valence electrons. The van der Waals surface area contributed by atoms with Crippen LogP contribution < -0.4 is 0 Å². The summed E-state index contributed by atoms with van der Waals surface area (Å²) >= 11 is 0. The maximum Gasteiger partial charge on any atom is 0.274 e. The molecule has 0 atom stereocenters. The van der Waals surface area contributed by atoms with E-state index in [2.05, 4.69) is 51.0 Å². The summed E-state index contributed by atoms with van der Waals surface area (Å²) in [6, 6.07) is 18.5. The predicted molar refractivity (Wildman–Crippen MR) is 127 cm³/mol. The van der Waals surface area contributed by atoms with Crippen LogP contribution in [0.5, 0.6) is 0 Å². The lowest BCUT2D eigenvalue weighted by Crippen LogP contribution is -2.32. The first kappa shape index (κ1) is 21.2. The van der Waals surface area contributed by atoms with Gasteiger partial charge in [0.25, 0.3) is 5.91 Å². The molecule has 0 saturated carbocycles. The largest absolute Gasteiger partial charge is 0.343 e. The minimum atomic E-state index is -0.0429. The molecule has 1 aliphatic rings. The van der Waals surface area contributed by atoms with E-state index in [1.54, 1.807) is 25.2 Å². The van der Waals surface area contributed by atoms with Crippen LogP contribution in [0.2, 0.25) is 0 Å². The summed E-state index contributed by atoms with van der Waals surface area (Å²) in [5, 5.41) is 4.79. The van der Waals surface area contributed by atoms with Crippen molar-refractivity contribution in [3.63, 3.8) is 0 Å². The van der Waals surface area contributed by atoms with E-state index in [1.165, 1.54) is 17.0 Å². The minimum Gasteiger partial charge on any atom is -0.343 e. The fourth-order valence-corrected chi connectivity index (χ4v) is 4.47. The molecule has 0 N–H and O–H groups in total. The molecule has 1 aromatic carbocycles. The number of aromatic nitrogens is 4. The second kappa shape index (κ2) is 9.03. The molecular formula is C26H28N6O. The van der Waals surface area contributed by atoms with Crippen LogP contribution in [-0.4, -0.2) is 55.7 Å². The molecule has 1 amide bonds. The molecule has 0 unspecified atom stereocenters. The Balaban J connectivity index is 1.43. The number of fused-ring (bicyclic) bond motifs is 1. The van der Waals surface area contributed by atoms with E-state index in [0.717, 1.165) is 30.8 Å². The third kappa shape index (κ3) is 4.32. The van der Waals surface area contributed by atoms with Crippen molar-refractivity contribution in [2.24, 2.45) is 0 Å². The summed E-state index contributed by atoms with van der Waals surface area (Å²) < 4.78 is 4.20. The van der Waals surface area contributed by atoms with E-state index >= 15 is 0 Å². The Morgan fingerprint density at radius 1 is 1.03 bits per heavy atom. The van der Waals surface area contributed by atoms with Crippen LogP contribution in [-0.2, 0) is 26.1 Å². The Labute approximate surface area is 193 Å². The third-order valence-corrected chi connectivity index (χ3v) is 6.14. The van der Waals surface area contributed by atoms with Gasteiger partial charge in [-0.15, -0.1) is 0 Å². The lowest BCUT2D eigenvalue weighted by Gasteiger charge is -2.28. The molecule has 1 aliphatic heterocycles. The zero-order valence-corrected chi connectivity index (χ0v) is 19.1. The molecule has 33 heavy (non-hydrogen) atoms. The van der Waals surface area contributed by atoms with Crippen molar-refractivity contribution in [3.05, 3.63) is 101 Å². The van der Waals surface area contributed by atoms with E-state index in [4.69, 9.17) is 5.10 Å². The van der Waals surface area contributed by atoms with Crippen LogP contribution in [0.3, 0.4) is 0 Å². The number of rotatable bonds is 6. The summed E-state index contributed by atoms with van der Waals surface area (Å²) in [5.74, 6) is -0.0429. The van der Waals surface area contributed by atoms with Crippen LogP contribution >= 0.6 is 0 Å². The first-order chi connectivity index (χ1) is 16.1. The van der Waals surface area contributed by atoms with Gasteiger partial charge in [-0.25, -0.2) is 0 Å². The Hall–Kier alpha value is -3.71. The highest BCUT2D eigenvalue weighted by Gasteiger charge is 2.29. The van der Waals surface area contributed by atoms with Crippen LogP contribution in [0, 0.1) is 0 Å². The van der Waals surface area contributed by atoms with Crippen molar-refractivity contribution >= 4 is 5.91 Å². The van der Waals surface area contributed by atoms with Crippen molar-refractivity contribution < 1.29 is 4.79 Å². The van der Waals surface area contributed by atoms with Gasteiger partial charge in [0.15, 0.2) is 5.69 Å². The maximum atomic E-state index is 13.0. The van der Waals surface area contributed by atoms with Gasteiger partial charge in [-0.2, -0.15) is 5.10 Å². The number of carbonyl (C=O) groups excluding carboxylic acids is 1. The first-order valence-electron chi connectivity index (χ1n) is 11.2. The highest BCUT2D eigenvalue weighted by molar-refractivity contribution is 5.93. The van der Waals surface area contributed by atoms with E-state index in [0.29, 0.717) is 18.8 Å². The molecule has 4 heterocycles. The molecule has 5 rings (SSSR count). The van der Waals surface area contributed by atoms with Crippen LogP contribution in [0.15, 0.2) is 73.2 Å². The van der Waals surface area contributed by atoms with E-state index < -0.39 is 0 Å². The smallest absolute Gasteiger partial charge is 0.274 e. The summed E-state index contributed by atoms with van der Waals surface area (Å²) in [6.45, 7) is 3.09. The number of hydrogen-bond acceptors (Lipinski definition) is 4. The number of nitrogens with zero attached hydrogens (tertiary/aromatic N) is 6. The zero-order valence-electron chi connectivity index (χ0n) is 19.1. The third-order valence-electron chi connectivity index (χ3n) is 6.14. The molecule has 0 radical (unpaired) electrons. The van der Waals surface area contributed by atoms with Gasteiger partial charge in [0.2, 0.25) is 0 Å². The number of carbonyl (C=O) groups is 1. The van der Waals surface area contributed by atoms with Gasteiger partial charge in [0, 0.05) is 69.5 Å². The van der Waals surface area contributed by atoms with Gasteiger partial charge < -0.3 is 9.47 Å². The SMILES string of the molecule is CN(C)C(=O)c1nn(Cc2ccccc2)c2c1CN(Cc1cccn1-c1cccnc1)CC2. The fraction of sp³-hybridized carbons (Fsp3) is 0.269. The van der Waals surface area contributed by atoms with Gasteiger partial charge >= 0.3 is 0 Å². The topological polar surface area (TPSA) is 59.2 Å². The van der Waals surface area contributed by atoms with Gasteiger partial charge in [-0.1, -0.05) is 30.3 Å². The predicted octanol–water partition coefficient (Wildman–Crippen LogP) is 3.38. The lowest BCUT2D eigenvalue weighted by molar-refractivity contribution is 0.0818. The Kier molecular flexibility index (Phi) is 5.79. The minimum absolute atomic E-state index is 0.0429. The summed E-state index contributed by atoms with van der Waals surface area (Å²) in [4.78, 5) is 21.2. The van der Waals surface area contributed by atoms with Crippen molar-refractivity contribution in [2.45, 2.75) is 26.1 Å². The van der Waals surface area contributed by atoms with E-state index in [-0.39, 0.29) is 5.91 Å². The molecule has 0 spiro atoms. The highest BCUT2D eigenvalue weighted by atomic mass is 16.2. The molecule has 7 nitrogen and oxygen atoms in total. The van der Waals surface area contributed by atoms with Crippen LogP contribution in [0.1, 0.15) is 33.0 Å². The summed E-state index contributed by atoms with van der Waals surface area (Å²) in [7, 11) is 3.57. The normalized spacial score (nSPS) is 13.6. The van der Waals surface area contributed by atoms with Crippen LogP contribution in [0.4, 0.5) is 0 Å². The number of amides is 1. The molecule has 0 bridgehead atoms. The van der Waals surface area contributed by atoms with Gasteiger partial charge in [-0.3, -0.25) is 19.4 Å². The standard InChI is InChI=1S/C26H28N6O/c1-29(2)26(33)25-23-19-30(18-22-11-7-14-31(22)21-10-6-13-27-16-21)15-12-24(23)32(28-25)17-20-8-4-3-5-9-20/h3-11,13-14,16H,12,15,17-19H2,1-2H3. The number of benzene rings is 1. The Morgan fingerprint density at radius 2 is 1.88 bits per heavy atom. The quantitative estimate of drug-likeness (QED) is 0.461. The van der Waals surface area contributed by atoms with Crippen molar-refractivity contribution in [3.8, 4) is 5.69 Å². The lowest BCUT2D eigenvalue weighted by atomic mass is 10.0. The van der Waals surface area contributed by atoms with Gasteiger partial charge in [-0.05, 0) is 29.8 Å². The molecule has 0 aliphatic carbocycles. The van der Waals surface area contributed by atoms with Gasteiger partial charge in [0.05, 0.1) is 18.4 Å². The number of hydrogen-bond donors (Lipinski definition) is 0. The van der Waals surface area contributed by atoms with Crippen molar-refractivity contribution in [2.75, 3.05) is 20.6 Å². The Bertz CT molecular complexity index is 1240. The average Bonchev–Trinajstić information content (AvgIpc) is 3.44. The fourth-order valence-electron chi connectivity index (χ4n) is 4.47. The summed E-state index contributed by atoms with van der Waals surface area (Å²) in [6.07, 6.45) is 6.60. The van der Waals surface area contributed by atoms with E-state index in [9.17, 15) is 4.79 Å². The Morgan fingerprint density at radius 3 is 2.64 bits per heavy atom. The second-order valence-corrected chi connectivity index (χ2v) is 8.66. The van der Waals surface area contributed by atoms with Crippen molar-refractivity contribution in [1.29, 1.82) is 0 Å². The first-order valence-corrected chi connectivity index (χ1v) is 11.2. The maximum absolute atomic E-state index is 13.0. The molecule has 7 heteroatoms. The molecule has 0 saturated heterocycles. The second-order valence-electron chi connectivity index (χ2n) is 8.66. The number of pyridine rings is 1. The average molecular weight is 441 g/mol. The monoisotopic (exact) mass is 440 g/mol. The molecule has 3 aromatic heterocycles. The van der Waals surface area contributed by atoms with Crippen LogP contribution in [0.25, 0.3) is 5.69 Å². The molecular weight excluding hydrogens is 412 g/mol. The summed E-state index contributed by atoms with van der Waals surface area (Å²) in [5.41, 5.74) is 6.22. The zero-order chi connectivity index (χ0) is 22.8.